The Hall–Kier alpha value is -2.28. The lowest BCUT2D eigenvalue weighted by Crippen LogP contribution is -2.40. The van der Waals surface area contributed by atoms with Crippen LogP contribution >= 0.6 is 11.3 Å². The molecule has 29 heavy (non-hydrogen) atoms. The van der Waals surface area contributed by atoms with Crippen molar-refractivity contribution < 1.29 is 9.59 Å². The van der Waals surface area contributed by atoms with Crippen molar-refractivity contribution in [3.63, 3.8) is 0 Å². The fourth-order valence-corrected chi connectivity index (χ4v) is 4.50. The van der Waals surface area contributed by atoms with Crippen LogP contribution in [0.4, 0.5) is 0 Å². The first-order valence-corrected chi connectivity index (χ1v) is 11.4. The van der Waals surface area contributed by atoms with E-state index in [1.807, 2.05) is 25.3 Å². The number of hydrogen-bond acceptors (Lipinski definition) is 5. The van der Waals surface area contributed by atoms with Crippen molar-refractivity contribution in [1.82, 2.24) is 20.6 Å². The number of carbonyl (C=O) groups excluding carboxylic acids is 2. The molecule has 0 saturated heterocycles. The molecule has 2 heterocycles. The average molecular weight is 415 g/mol. The fraction of sp³-hybridized carbons (Fsp3) is 0.545. The second kappa shape index (κ2) is 11.0. The number of hydrogen-bond donors (Lipinski definition) is 2. The number of unbranched alkanes of at least 4 members (excludes halogenated alkanes) is 1. The van der Waals surface area contributed by atoms with Crippen molar-refractivity contribution in [2.75, 3.05) is 6.54 Å². The van der Waals surface area contributed by atoms with E-state index >= 15 is 0 Å². The van der Waals surface area contributed by atoms with Crippen molar-refractivity contribution in [2.45, 2.75) is 64.3 Å². The molecule has 1 aliphatic rings. The SMILES string of the molecule is C[C@H](CC(=O)NCCCCc1nc(-c2cccnc2)cs1)NC(=O)C1CCCC1. The van der Waals surface area contributed by atoms with Gasteiger partial charge in [0.25, 0.3) is 0 Å². The summed E-state index contributed by atoms with van der Waals surface area (Å²) in [7, 11) is 0. The topological polar surface area (TPSA) is 84.0 Å². The third-order valence-electron chi connectivity index (χ3n) is 5.25. The number of thiazole rings is 1. The van der Waals surface area contributed by atoms with E-state index in [0.717, 1.165) is 61.2 Å². The second-order valence-corrected chi connectivity index (χ2v) is 8.71. The molecule has 1 aliphatic carbocycles. The van der Waals surface area contributed by atoms with E-state index in [9.17, 15) is 9.59 Å². The molecule has 0 bridgehead atoms. The Morgan fingerprint density at radius 3 is 2.86 bits per heavy atom. The molecule has 2 aromatic rings. The first kappa shape index (κ1) is 21.4. The van der Waals surface area contributed by atoms with Gasteiger partial charge in [0.2, 0.25) is 11.8 Å². The van der Waals surface area contributed by atoms with E-state index in [-0.39, 0.29) is 23.8 Å². The van der Waals surface area contributed by atoms with E-state index < -0.39 is 0 Å². The number of nitrogens with zero attached hydrogens (tertiary/aromatic N) is 2. The lowest BCUT2D eigenvalue weighted by molar-refractivity contribution is -0.126. The summed E-state index contributed by atoms with van der Waals surface area (Å²) in [6.07, 6.45) is 11.0. The first-order valence-electron chi connectivity index (χ1n) is 10.5. The zero-order chi connectivity index (χ0) is 20.5. The maximum Gasteiger partial charge on any atom is 0.223 e. The molecule has 2 aromatic heterocycles. The summed E-state index contributed by atoms with van der Waals surface area (Å²) in [5, 5.41) is 9.11. The second-order valence-electron chi connectivity index (χ2n) is 7.77. The minimum absolute atomic E-state index is 0.00247. The van der Waals surface area contributed by atoms with Gasteiger partial charge >= 0.3 is 0 Å². The largest absolute Gasteiger partial charge is 0.356 e. The van der Waals surface area contributed by atoms with Crippen LogP contribution < -0.4 is 10.6 Å². The standard InChI is InChI=1S/C22H30N4O2S/c1-16(25-22(28)17-7-2-3-8-17)13-20(27)24-12-5-4-10-21-26-19(15-29-21)18-9-6-11-23-14-18/h6,9,11,14-17H,2-5,7-8,10,12-13H2,1H3,(H,24,27)(H,25,28)/t16-/m1/s1. The summed E-state index contributed by atoms with van der Waals surface area (Å²) in [5.74, 6) is 0.249. The van der Waals surface area contributed by atoms with Crippen LogP contribution in [0.1, 0.15) is 56.9 Å². The fourth-order valence-electron chi connectivity index (χ4n) is 3.65. The van der Waals surface area contributed by atoms with Gasteiger partial charge in [-0.25, -0.2) is 4.98 Å². The third kappa shape index (κ3) is 6.92. The molecule has 6 nitrogen and oxygen atoms in total. The molecular weight excluding hydrogens is 384 g/mol. The number of pyridine rings is 1. The van der Waals surface area contributed by atoms with Gasteiger partial charge in [-0.05, 0) is 51.2 Å². The molecule has 156 valence electrons. The third-order valence-corrected chi connectivity index (χ3v) is 6.16. The Balaban J connectivity index is 1.28. The van der Waals surface area contributed by atoms with Crippen molar-refractivity contribution >= 4 is 23.2 Å². The van der Waals surface area contributed by atoms with Crippen LogP contribution in [0, 0.1) is 5.92 Å². The monoisotopic (exact) mass is 414 g/mol. The number of amides is 2. The number of nitrogens with one attached hydrogen (secondary N) is 2. The van der Waals surface area contributed by atoms with Gasteiger partial charge in [0, 0.05) is 48.3 Å². The predicted octanol–water partition coefficient (Wildman–Crippen LogP) is 3.73. The van der Waals surface area contributed by atoms with Crippen LogP contribution in [0.25, 0.3) is 11.3 Å². The zero-order valence-electron chi connectivity index (χ0n) is 17.0. The highest BCUT2D eigenvalue weighted by molar-refractivity contribution is 7.09. The Kier molecular flexibility index (Phi) is 8.16. The summed E-state index contributed by atoms with van der Waals surface area (Å²) in [6, 6.07) is 3.81. The Morgan fingerprint density at radius 2 is 2.10 bits per heavy atom. The van der Waals surface area contributed by atoms with Gasteiger partial charge < -0.3 is 10.6 Å². The van der Waals surface area contributed by atoms with Gasteiger partial charge in [-0.2, -0.15) is 0 Å². The molecule has 2 N–H and O–H groups in total. The highest BCUT2D eigenvalue weighted by Gasteiger charge is 2.24. The molecule has 0 radical (unpaired) electrons. The predicted molar refractivity (Wildman–Crippen MR) is 115 cm³/mol. The van der Waals surface area contributed by atoms with E-state index in [2.05, 4.69) is 26.0 Å². The van der Waals surface area contributed by atoms with Gasteiger partial charge in [0.05, 0.1) is 10.7 Å². The lowest BCUT2D eigenvalue weighted by Gasteiger charge is -2.16. The molecular formula is C22H30N4O2S. The number of aryl methyl sites for hydroxylation is 1. The van der Waals surface area contributed by atoms with Crippen molar-refractivity contribution in [3.05, 3.63) is 34.9 Å². The lowest BCUT2D eigenvalue weighted by atomic mass is 10.1. The van der Waals surface area contributed by atoms with Crippen LogP contribution in [0.2, 0.25) is 0 Å². The van der Waals surface area contributed by atoms with Gasteiger partial charge in [0.15, 0.2) is 0 Å². The van der Waals surface area contributed by atoms with Crippen molar-refractivity contribution in [2.24, 2.45) is 5.92 Å². The van der Waals surface area contributed by atoms with E-state index in [4.69, 9.17) is 0 Å². The number of carbonyl (C=O) groups is 2. The molecule has 0 aliphatic heterocycles. The van der Waals surface area contributed by atoms with Gasteiger partial charge in [0.1, 0.15) is 0 Å². The minimum Gasteiger partial charge on any atom is -0.356 e. The van der Waals surface area contributed by atoms with Gasteiger partial charge in [-0.1, -0.05) is 12.8 Å². The van der Waals surface area contributed by atoms with E-state index in [1.54, 1.807) is 17.5 Å². The molecule has 1 saturated carbocycles. The summed E-state index contributed by atoms with van der Waals surface area (Å²) in [4.78, 5) is 33.0. The first-order chi connectivity index (χ1) is 14.1. The molecule has 7 heteroatoms. The normalized spacial score (nSPS) is 15.2. The maximum atomic E-state index is 12.1. The highest BCUT2D eigenvalue weighted by atomic mass is 32.1. The smallest absolute Gasteiger partial charge is 0.223 e. The molecule has 0 unspecified atom stereocenters. The van der Waals surface area contributed by atoms with Gasteiger partial charge in [-0.15, -0.1) is 11.3 Å². The quantitative estimate of drug-likeness (QED) is 0.580. The molecule has 3 rings (SSSR count). The van der Waals surface area contributed by atoms with E-state index in [0.29, 0.717) is 13.0 Å². The van der Waals surface area contributed by atoms with Crippen LogP contribution in [-0.2, 0) is 16.0 Å². The summed E-state index contributed by atoms with van der Waals surface area (Å²) in [5.41, 5.74) is 2.01. The molecule has 1 fully saturated rings. The summed E-state index contributed by atoms with van der Waals surface area (Å²) in [6.45, 7) is 2.55. The Morgan fingerprint density at radius 1 is 1.28 bits per heavy atom. The molecule has 0 aromatic carbocycles. The highest BCUT2D eigenvalue weighted by Crippen LogP contribution is 2.25. The summed E-state index contributed by atoms with van der Waals surface area (Å²) >= 11 is 1.67. The minimum atomic E-state index is -0.121. The Bertz CT molecular complexity index is 787. The van der Waals surface area contributed by atoms with Gasteiger partial charge in [-0.3, -0.25) is 14.6 Å². The van der Waals surface area contributed by atoms with Crippen molar-refractivity contribution in [1.29, 1.82) is 0 Å². The molecule has 2 amide bonds. The molecule has 0 spiro atoms. The van der Waals surface area contributed by atoms with Crippen molar-refractivity contribution in [3.8, 4) is 11.3 Å². The molecule has 1 atom stereocenters. The van der Waals surface area contributed by atoms with Crippen LogP contribution in [0.3, 0.4) is 0 Å². The van der Waals surface area contributed by atoms with Crippen LogP contribution in [0.5, 0.6) is 0 Å². The zero-order valence-corrected chi connectivity index (χ0v) is 17.8. The maximum absolute atomic E-state index is 12.1. The van der Waals surface area contributed by atoms with E-state index in [1.165, 1.54) is 0 Å². The number of rotatable bonds is 10. The number of aromatic nitrogens is 2. The Labute approximate surface area is 176 Å². The van der Waals surface area contributed by atoms with Crippen LogP contribution in [-0.4, -0.2) is 34.4 Å². The van der Waals surface area contributed by atoms with Crippen LogP contribution in [0.15, 0.2) is 29.9 Å². The summed E-state index contributed by atoms with van der Waals surface area (Å²) < 4.78 is 0. The average Bonchev–Trinajstić information content (AvgIpc) is 3.40.